The topological polar surface area (TPSA) is 90.0 Å². The number of rotatable bonds is 12. The number of hydrogen-bond acceptors (Lipinski definition) is 4. The summed E-state index contributed by atoms with van der Waals surface area (Å²) in [5.74, 6) is -1.36. The number of amides is 2. The zero-order valence-corrected chi connectivity index (χ0v) is 21.8. The Bertz CT molecular complexity index is 1090. The van der Waals surface area contributed by atoms with E-state index in [9.17, 15) is 22.4 Å². The molecule has 0 bridgehead atoms. The molecule has 2 rings (SSSR count). The second kappa shape index (κ2) is 12.6. The number of aryl methyl sites for hydroxylation is 1. The van der Waals surface area contributed by atoms with Crippen LogP contribution in [0.1, 0.15) is 37.8 Å². The van der Waals surface area contributed by atoms with Gasteiger partial charge in [0.05, 0.1) is 5.69 Å². The SMILES string of the molecule is CCCNC(=O)[C@H](CC)N(Cc1ccc(C)cc1)C(=O)CN(c1ccc(F)cc1)S(=O)(=O)N(C)C. The molecule has 0 aromatic heterocycles. The van der Waals surface area contributed by atoms with E-state index in [-0.39, 0.29) is 18.1 Å². The predicted molar refractivity (Wildman–Crippen MR) is 135 cm³/mol. The molecular weight excluding hydrogens is 471 g/mol. The lowest BCUT2D eigenvalue weighted by Gasteiger charge is -2.34. The smallest absolute Gasteiger partial charge is 0.304 e. The van der Waals surface area contributed by atoms with Crippen molar-refractivity contribution < 1.29 is 22.4 Å². The Kier molecular flexibility index (Phi) is 10.2. The van der Waals surface area contributed by atoms with Crippen LogP contribution in [0.4, 0.5) is 10.1 Å². The van der Waals surface area contributed by atoms with Crippen molar-refractivity contribution in [3.8, 4) is 0 Å². The molecule has 0 aliphatic carbocycles. The van der Waals surface area contributed by atoms with E-state index >= 15 is 0 Å². The van der Waals surface area contributed by atoms with Crippen molar-refractivity contribution in [1.82, 2.24) is 14.5 Å². The van der Waals surface area contributed by atoms with Gasteiger partial charge in [-0.25, -0.2) is 8.70 Å². The molecule has 192 valence electrons. The summed E-state index contributed by atoms with van der Waals surface area (Å²) in [5, 5.41) is 2.84. The Morgan fingerprint density at radius 1 is 1.00 bits per heavy atom. The highest BCUT2D eigenvalue weighted by Gasteiger charge is 2.33. The maximum absolute atomic E-state index is 13.7. The first-order valence-electron chi connectivity index (χ1n) is 11.6. The van der Waals surface area contributed by atoms with Crippen LogP contribution in [0.25, 0.3) is 0 Å². The van der Waals surface area contributed by atoms with Gasteiger partial charge in [-0.05, 0) is 49.6 Å². The summed E-state index contributed by atoms with van der Waals surface area (Å²) in [4.78, 5) is 28.0. The van der Waals surface area contributed by atoms with E-state index in [1.807, 2.05) is 38.1 Å². The molecule has 0 heterocycles. The third kappa shape index (κ3) is 7.50. The van der Waals surface area contributed by atoms with Crippen molar-refractivity contribution in [2.45, 2.75) is 46.2 Å². The standard InChI is InChI=1S/C25H35FN4O4S/c1-6-16-27-25(32)23(7-2)29(17-20-10-8-19(3)9-11-20)24(31)18-30(35(33,34)28(4)5)22-14-12-21(26)13-15-22/h8-15,23H,6-7,16-18H2,1-5H3,(H,27,32)/t23-/m0/s1. The van der Waals surface area contributed by atoms with Gasteiger partial charge in [0.25, 0.3) is 0 Å². The quantitative estimate of drug-likeness (QED) is 0.479. The van der Waals surface area contributed by atoms with Crippen LogP contribution in [-0.4, -0.2) is 62.7 Å². The molecule has 10 heteroatoms. The van der Waals surface area contributed by atoms with Crippen molar-refractivity contribution >= 4 is 27.7 Å². The van der Waals surface area contributed by atoms with Crippen molar-refractivity contribution in [1.29, 1.82) is 0 Å². The molecule has 1 N–H and O–H groups in total. The molecule has 0 radical (unpaired) electrons. The second-order valence-electron chi connectivity index (χ2n) is 8.50. The first-order chi connectivity index (χ1) is 16.5. The van der Waals surface area contributed by atoms with Gasteiger partial charge in [-0.3, -0.25) is 9.59 Å². The van der Waals surface area contributed by atoms with Crippen molar-refractivity contribution in [3.05, 3.63) is 65.5 Å². The number of benzene rings is 2. The minimum atomic E-state index is -4.08. The Labute approximate surface area is 207 Å². The molecule has 0 spiro atoms. The van der Waals surface area contributed by atoms with Crippen LogP contribution in [0.5, 0.6) is 0 Å². The number of anilines is 1. The van der Waals surface area contributed by atoms with Crippen molar-refractivity contribution in [2.75, 3.05) is 31.5 Å². The fourth-order valence-corrected chi connectivity index (χ4v) is 4.56. The first kappa shape index (κ1) is 28.3. The van der Waals surface area contributed by atoms with Crippen molar-refractivity contribution in [3.63, 3.8) is 0 Å². The number of nitrogens with zero attached hydrogens (tertiary/aromatic N) is 3. The molecule has 35 heavy (non-hydrogen) atoms. The molecule has 0 fully saturated rings. The number of halogens is 1. The second-order valence-corrected chi connectivity index (χ2v) is 10.6. The minimum Gasteiger partial charge on any atom is -0.354 e. The van der Waals surface area contributed by atoms with Gasteiger partial charge in [0, 0.05) is 27.2 Å². The number of carbonyl (C=O) groups is 2. The monoisotopic (exact) mass is 506 g/mol. The molecule has 8 nitrogen and oxygen atoms in total. The zero-order valence-electron chi connectivity index (χ0n) is 21.0. The zero-order chi connectivity index (χ0) is 26.2. The summed E-state index contributed by atoms with van der Waals surface area (Å²) < 4.78 is 41.6. The highest BCUT2D eigenvalue weighted by molar-refractivity contribution is 7.90. The van der Waals surface area contributed by atoms with E-state index in [2.05, 4.69) is 5.32 Å². The van der Waals surface area contributed by atoms with Gasteiger partial charge in [0.2, 0.25) is 11.8 Å². The fourth-order valence-electron chi connectivity index (χ4n) is 3.50. The lowest BCUT2D eigenvalue weighted by molar-refractivity contribution is -0.140. The first-order valence-corrected chi connectivity index (χ1v) is 13.0. The molecule has 2 aromatic carbocycles. The van der Waals surface area contributed by atoms with Gasteiger partial charge in [-0.2, -0.15) is 12.7 Å². The Hall–Kier alpha value is -2.98. The highest BCUT2D eigenvalue weighted by atomic mass is 32.2. The molecule has 1 atom stereocenters. The van der Waals surface area contributed by atoms with E-state index in [1.165, 1.54) is 31.1 Å². The average molecular weight is 507 g/mol. The molecule has 2 amide bonds. The molecule has 0 saturated carbocycles. The normalized spacial score (nSPS) is 12.3. The molecular formula is C25H35FN4O4S. The summed E-state index contributed by atoms with van der Waals surface area (Å²) in [5.41, 5.74) is 2.01. The third-order valence-corrected chi connectivity index (χ3v) is 7.36. The molecule has 2 aromatic rings. The van der Waals surface area contributed by atoms with Crippen LogP contribution in [0, 0.1) is 12.7 Å². The lowest BCUT2D eigenvalue weighted by Crippen LogP contribution is -2.53. The summed E-state index contributed by atoms with van der Waals surface area (Å²) in [7, 11) is -1.37. The molecule has 0 aliphatic heterocycles. The van der Waals surface area contributed by atoms with E-state index in [0.29, 0.717) is 13.0 Å². The van der Waals surface area contributed by atoms with Gasteiger partial charge < -0.3 is 10.2 Å². The van der Waals surface area contributed by atoms with Gasteiger partial charge in [-0.1, -0.05) is 43.7 Å². The highest BCUT2D eigenvalue weighted by Crippen LogP contribution is 2.22. The molecule has 0 unspecified atom stereocenters. The Morgan fingerprint density at radius 3 is 2.11 bits per heavy atom. The molecule has 0 aliphatic rings. The van der Waals surface area contributed by atoms with E-state index in [1.54, 1.807) is 6.92 Å². The van der Waals surface area contributed by atoms with Crippen LogP contribution in [-0.2, 0) is 26.3 Å². The minimum absolute atomic E-state index is 0.135. The van der Waals surface area contributed by atoms with Gasteiger partial charge in [0.15, 0.2) is 0 Å². The summed E-state index contributed by atoms with van der Waals surface area (Å²) in [6, 6.07) is 11.7. The van der Waals surface area contributed by atoms with Crippen LogP contribution >= 0.6 is 0 Å². The van der Waals surface area contributed by atoms with Gasteiger partial charge in [0.1, 0.15) is 18.4 Å². The predicted octanol–water partition coefficient (Wildman–Crippen LogP) is 3.08. The number of hydrogen-bond donors (Lipinski definition) is 1. The van der Waals surface area contributed by atoms with Gasteiger partial charge >= 0.3 is 10.2 Å². The van der Waals surface area contributed by atoms with Crippen LogP contribution in [0.2, 0.25) is 0 Å². The van der Waals surface area contributed by atoms with Crippen LogP contribution in [0.3, 0.4) is 0 Å². The van der Waals surface area contributed by atoms with E-state index in [4.69, 9.17) is 0 Å². The van der Waals surface area contributed by atoms with Crippen LogP contribution < -0.4 is 9.62 Å². The number of nitrogens with one attached hydrogen (secondary N) is 1. The number of carbonyl (C=O) groups excluding carboxylic acids is 2. The van der Waals surface area contributed by atoms with Crippen LogP contribution in [0.15, 0.2) is 48.5 Å². The average Bonchev–Trinajstić information content (AvgIpc) is 2.82. The Balaban J connectivity index is 2.46. The Morgan fingerprint density at radius 2 is 1.60 bits per heavy atom. The maximum atomic E-state index is 13.7. The van der Waals surface area contributed by atoms with Gasteiger partial charge in [-0.15, -0.1) is 0 Å². The summed E-state index contributed by atoms with van der Waals surface area (Å²) >= 11 is 0. The largest absolute Gasteiger partial charge is 0.354 e. The lowest BCUT2D eigenvalue weighted by atomic mass is 10.1. The fraction of sp³-hybridized carbons (Fsp3) is 0.440. The third-order valence-electron chi connectivity index (χ3n) is 5.54. The maximum Gasteiger partial charge on any atom is 0.304 e. The van der Waals surface area contributed by atoms with E-state index in [0.717, 1.165) is 38.3 Å². The molecule has 0 saturated heterocycles. The summed E-state index contributed by atoms with van der Waals surface area (Å²) in [6.07, 6.45) is 1.09. The summed E-state index contributed by atoms with van der Waals surface area (Å²) in [6.45, 7) is 5.75. The van der Waals surface area contributed by atoms with Crippen molar-refractivity contribution in [2.24, 2.45) is 0 Å². The van der Waals surface area contributed by atoms with E-state index < -0.39 is 34.5 Å².